The molecule has 5 aromatic rings. The summed E-state index contributed by atoms with van der Waals surface area (Å²) in [5, 5.41) is 12.2. The standard InChI is InChI=1S/C25H16ClN5O/c26-16-7-3-1-5-12(16)19-14-9-10-18-20(13-6-2-4-8-17(13)30-18)23(14)32-25-21(19)22(28)15(11-27)24(29)31-25/h1-10,19,30H,(H4,28,29,31). The molecule has 32 heavy (non-hydrogen) atoms. The van der Waals surface area contributed by atoms with Crippen molar-refractivity contribution in [3.05, 3.63) is 87.9 Å². The molecule has 5 N–H and O–H groups in total. The summed E-state index contributed by atoms with van der Waals surface area (Å²) in [6.45, 7) is 0. The molecule has 0 saturated carbocycles. The first-order valence-corrected chi connectivity index (χ1v) is 10.4. The lowest BCUT2D eigenvalue weighted by Crippen LogP contribution is -2.17. The van der Waals surface area contributed by atoms with Gasteiger partial charge >= 0.3 is 0 Å². The topological polar surface area (TPSA) is 114 Å². The molecule has 0 spiro atoms. The van der Waals surface area contributed by atoms with E-state index >= 15 is 0 Å². The zero-order chi connectivity index (χ0) is 22.0. The summed E-state index contributed by atoms with van der Waals surface area (Å²) in [5.41, 5.74) is 17.2. The van der Waals surface area contributed by atoms with Crippen LogP contribution in [0.2, 0.25) is 5.02 Å². The van der Waals surface area contributed by atoms with Gasteiger partial charge in [-0.2, -0.15) is 10.2 Å². The number of nitrogens with zero attached hydrogens (tertiary/aromatic N) is 2. The highest BCUT2D eigenvalue weighted by molar-refractivity contribution is 6.31. The van der Waals surface area contributed by atoms with E-state index in [9.17, 15) is 5.26 Å². The largest absolute Gasteiger partial charge is 0.437 e. The van der Waals surface area contributed by atoms with Gasteiger partial charge in [-0.25, -0.2) is 0 Å². The Kier molecular flexibility index (Phi) is 3.85. The third-order valence-corrected chi connectivity index (χ3v) is 6.39. The highest BCUT2D eigenvalue weighted by Gasteiger charge is 2.36. The second-order valence-electron chi connectivity index (χ2n) is 7.75. The summed E-state index contributed by atoms with van der Waals surface area (Å²) >= 11 is 6.64. The number of anilines is 2. The number of aromatic nitrogens is 2. The third kappa shape index (κ3) is 2.43. The van der Waals surface area contributed by atoms with Crippen LogP contribution in [0.15, 0.2) is 60.7 Å². The monoisotopic (exact) mass is 437 g/mol. The zero-order valence-corrected chi connectivity index (χ0v) is 17.4. The van der Waals surface area contributed by atoms with Crippen molar-refractivity contribution >= 4 is 44.9 Å². The fourth-order valence-electron chi connectivity index (χ4n) is 4.63. The first kappa shape index (κ1) is 18.6. The van der Waals surface area contributed by atoms with Crippen LogP contribution in [-0.4, -0.2) is 9.97 Å². The van der Waals surface area contributed by atoms with Crippen LogP contribution in [0.1, 0.15) is 28.2 Å². The predicted molar refractivity (Wildman–Crippen MR) is 126 cm³/mol. The van der Waals surface area contributed by atoms with Crippen LogP contribution in [0.3, 0.4) is 0 Å². The number of fused-ring (bicyclic) bond motifs is 6. The smallest absolute Gasteiger partial charge is 0.227 e. The quantitative estimate of drug-likeness (QED) is 0.305. The van der Waals surface area contributed by atoms with Gasteiger partial charge in [0.2, 0.25) is 5.88 Å². The van der Waals surface area contributed by atoms with E-state index in [1.165, 1.54) is 0 Å². The Hall–Kier alpha value is -4.21. The molecule has 3 heterocycles. The van der Waals surface area contributed by atoms with Crippen LogP contribution >= 0.6 is 11.6 Å². The first-order chi connectivity index (χ1) is 15.6. The van der Waals surface area contributed by atoms with Crippen molar-refractivity contribution in [2.75, 3.05) is 11.5 Å². The molecule has 7 heteroatoms. The molecule has 0 amide bonds. The molecule has 0 fully saturated rings. The molecular formula is C25H16ClN5O. The lowest BCUT2D eigenvalue weighted by Gasteiger charge is -2.30. The Morgan fingerprint density at radius 1 is 0.969 bits per heavy atom. The van der Waals surface area contributed by atoms with Gasteiger partial charge in [0.1, 0.15) is 23.2 Å². The third-order valence-electron chi connectivity index (χ3n) is 6.05. The van der Waals surface area contributed by atoms with Crippen LogP contribution in [-0.2, 0) is 0 Å². The molecule has 3 aromatic carbocycles. The summed E-state index contributed by atoms with van der Waals surface area (Å²) in [6, 6.07) is 21.7. The van der Waals surface area contributed by atoms with Crippen molar-refractivity contribution < 1.29 is 4.74 Å². The number of ether oxygens (including phenoxy) is 1. The molecule has 0 bridgehead atoms. The van der Waals surface area contributed by atoms with E-state index in [-0.39, 0.29) is 28.9 Å². The SMILES string of the molecule is N#Cc1c(N)nc2c(c1N)C(c1ccccc1Cl)c1ccc3[nH]c4ccccc4c3c1O2. The highest BCUT2D eigenvalue weighted by Crippen LogP contribution is 2.54. The van der Waals surface area contributed by atoms with E-state index in [1.807, 2.05) is 60.7 Å². The minimum Gasteiger partial charge on any atom is -0.437 e. The number of aromatic amines is 1. The Labute approximate surface area is 188 Å². The lowest BCUT2D eigenvalue weighted by molar-refractivity contribution is 0.441. The summed E-state index contributed by atoms with van der Waals surface area (Å²) in [7, 11) is 0. The molecule has 0 radical (unpaired) electrons. The fourth-order valence-corrected chi connectivity index (χ4v) is 4.88. The van der Waals surface area contributed by atoms with Crippen LogP contribution in [0.25, 0.3) is 21.8 Å². The van der Waals surface area contributed by atoms with Gasteiger partial charge in [0, 0.05) is 27.4 Å². The van der Waals surface area contributed by atoms with Crippen LogP contribution < -0.4 is 16.2 Å². The summed E-state index contributed by atoms with van der Waals surface area (Å²) in [5.74, 6) is 0.625. The molecular weight excluding hydrogens is 422 g/mol. The maximum atomic E-state index is 9.62. The second kappa shape index (κ2) is 6.64. The number of rotatable bonds is 1. The lowest BCUT2D eigenvalue weighted by atomic mass is 9.81. The van der Waals surface area contributed by atoms with E-state index < -0.39 is 0 Å². The van der Waals surface area contributed by atoms with Crippen LogP contribution in [0, 0.1) is 11.3 Å². The van der Waals surface area contributed by atoms with Crippen molar-refractivity contribution in [3.63, 3.8) is 0 Å². The molecule has 1 aliphatic rings. The second-order valence-corrected chi connectivity index (χ2v) is 8.16. The van der Waals surface area contributed by atoms with Gasteiger partial charge < -0.3 is 21.2 Å². The summed E-state index contributed by atoms with van der Waals surface area (Å²) in [4.78, 5) is 7.86. The van der Waals surface area contributed by atoms with Crippen molar-refractivity contribution in [3.8, 4) is 17.7 Å². The van der Waals surface area contributed by atoms with E-state index in [0.29, 0.717) is 16.3 Å². The molecule has 0 saturated heterocycles. The molecule has 1 atom stereocenters. The number of halogens is 1. The molecule has 1 aliphatic heterocycles. The Morgan fingerprint density at radius 2 is 1.75 bits per heavy atom. The molecule has 1 unspecified atom stereocenters. The minimum absolute atomic E-state index is 0.0382. The van der Waals surface area contributed by atoms with Gasteiger partial charge in [-0.1, -0.05) is 54.1 Å². The molecule has 0 aliphatic carbocycles. The Bertz CT molecular complexity index is 1620. The van der Waals surface area contributed by atoms with E-state index in [4.69, 9.17) is 27.8 Å². The molecule has 6 rings (SSSR count). The number of H-pyrrole nitrogens is 1. The Balaban J connectivity index is 1.76. The predicted octanol–water partition coefficient (Wildman–Crippen LogP) is 5.69. The van der Waals surface area contributed by atoms with E-state index in [0.717, 1.165) is 32.9 Å². The number of pyridine rings is 1. The zero-order valence-electron chi connectivity index (χ0n) is 16.7. The van der Waals surface area contributed by atoms with Gasteiger partial charge in [-0.05, 0) is 23.8 Å². The van der Waals surface area contributed by atoms with Crippen molar-refractivity contribution in [2.45, 2.75) is 5.92 Å². The number of nitrogens with two attached hydrogens (primary N) is 2. The van der Waals surface area contributed by atoms with Gasteiger partial charge in [0.25, 0.3) is 0 Å². The number of hydrogen-bond acceptors (Lipinski definition) is 5. The van der Waals surface area contributed by atoms with Gasteiger partial charge in [0.05, 0.1) is 22.2 Å². The maximum Gasteiger partial charge on any atom is 0.227 e. The number of nitrogens with one attached hydrogen (secondary N) is 1. The maximum absolute atomic E-state index is 9.62. The van der Waals surface area contributed by atoms with Gasteiger partial charge in [0.15, 0.2) is 0 Å². The van der Waals surface area contributed by atoms with Crippen LogP contribution in [0.5, 0.6) is 11.6 Å². The minimum atomic E-state index is -0.374. The average molecular weight is 438 g/mol. The number of benzene rings is 3. The molecule has 154 valence electrons. The molecule has 2 aromatic heterocycles. The average Bonchev–Trinajstić information content (AvgIpc) is 3.17. The summed E-state index contributed by atoms with van der Waals surface area (Å²) in [6.07, 6.45) is 0. The van der Waals surface area contributed by atoms with Crippen molar-refractivity contribution in [2.24, 2.45) is 0 Å². The number of hydrogen-bond donors (Lipinski definition) is 3. The van der Waals surface area contributed by atoms with Crippen molar-refractivity contribution in [1.29, 1.82) is 5.26 Å². The number of nitriles is 1. The number of para-hydroxylation sites is 1. The number of nitrogen functional groups attached to an aromatic ring is 2. The van der Waals surface area contributed by atoms with E-state index in [2.05, 4.69) is 16.0 Å². The summed E-state index contributed by atoms with van der Waals surface area (Å²) < 4.78 is 6.37. The van der Waals surface area contributed by atoms with Gasteiger partial charge in [-0.3, -0.25) is 0 Å². The fraction of sp³-hybridized carbons (Fsp3) is 0.0400. The van der Waals surface area contributed by atoms with Gasteiger partial charge in [-0.15, -0.1) is 0 Å². The highest BCUT2D eigenvalue weighted by atomic mass is 35.5. The van der Waals surface area contributed by atoms with Crippen LogP contribution in [0.4, 0.5) is 11.5 Å². The molecule has 6 nitrogen and oxygen atoms in total. The van der Waals surface area contributed by atoms with E-state index in [1.54, 1.807) is 0 Å². The van der Waals surface area contributed by atoms with Crippen molar-refractivity contribution in [1.82, 2.24) is 9.97 Å². The first-order valence-electron chi connectivity index (χ1n) is 10.0. The Morgan fingerprint density at radius 3 is 2.56 bits per heavy atom. The normalized spacial score (nSPS) is 14.6.